The van der Waals surface area contributed by atoms with Gasteiger partial charge in [0.1, 0.15) is 17.6 Å². The lowest BCUT2D eigenvalue weighted by molar-refractivity contribution is -0.385. The van der Waals surface area contributed by atoms with Crippen molar-refractivity contribution in [3.8, 4) is 11.3 Å². The fourth-order valence-electron chi connectivity index (χ4n) is 5.73. The van der Waals surface area contributed by atoms with Crippen molar-refractivity contribution in [1.29, 1.82) is 0 Å². The molecule has 36 heavy (non-hydrogen) atoms. The molecule has 0 saturated carbocycles. The number of allylic oxidation sites excluding steroid dienone is 1. The lowest BCUT2D eigenvalue weighted by atomic mass is 9.68. The maximum atomic E-state index is 13.6. The van der Waals surface area contributed by atoms with E-state index in [0.717, 1.165) is 45.2 Å². The second-order valence-electron chi connectivity index (χ2n) is 10.6. The zero-order valence-electron chi connectivity index (χ0n) is 20.4. The Morgan fingerprint density at radius 3 is 2.61 bits per heavy atom. The first kappa shape index (κ1) is 22.3. The van der Waals surface area contributed by atoms with Crippen molar-refractivity contribution in [2.24, 2.45) is 5.41 Å². The monoisotopic (exact) mass is 478 g/mol. The molecular weight excluding hydrogens is 452 g/mol. The molecule has 0 amide bonds. The smallest absolute Gasteiger partial charge is 0.272 e. The van der Waals surface area contributed by atoms with E-state index in [4.69, 9.17) is 4.42 Å². The maximum absolute atomic E-state index is 13.6. The molecule has 0 fully saturated rings. The van der Waals surface area contributed by atoms with E-state index in [1.54, 1.807) is 19.1 Å². The minimum absolute atomic E-state index is 0.0773. The van der Waals surface area contributed by atoms with E-state index >= 15 is 0 Å². The van der Waals surface area contributed by atoms with Crippen LogP contribution in [0.15, 0.2) is 76.7 Å². The summed E-state index contributed by atoms with van der Waals surface area (Å²) in [5.74, 6) is 1.40. The molecule has 1 aromatic heterocycles. The summed E-state index contributed by atoms with van der Waals surface area (Å²) in [5.41, 5.74) is 5.25. The molecule has 1 N–H and O–H groups in total. The summed E-state index contributed by atoms with van der Waals surface area (Å²) in [4.78, 5) is 24.4. The molecule has 0 unspecified atom stereocenters. The molecule has 6 rings (SSSR count). The Bertz CT molecular complexity index is 1610. The highest BCUT2D eigenvalue weighted by atomic mass is 16.6. The van der Waals surface area contributed by atoms with Crippen LogP contribution in [0.1, 0.15) is 49.6 Å². The molecule has 0 saturated heterocycles. The van der Waals surface area contributed by atoms with Gasteiger partial charge in [-0.1, -0.05) is 44.2 Å². The van der Waals surface area contributed by atoms with Crippen LogP contribution in [0.5, 0.6) is 0 Å². The van der Waals surface area contributed by atoms with E-state index < -0.39 is 6.04 Å². The van der Waals surface area contributed by atoms with Gasteiger partial charge in [0.05, 0.1) is 4.92 Å². The molecule has 0 spiro atoms. The van der Waals surface area contributed by atoms with Crippen molar-refractivity contribution in [1.82, 2.24) is 0 Å². The zero-order chi connectivity index (χ0) is 25.2. The number of nitro groups is 1. The first-order chi connectivity index (χ1) is 17.2. The number of nitrogens with one attached hydrogen (secondary N) is 1. The highest BCUT2D eigenvalue weighted by Gasteiger charge is 2.41. The number of benzene rings is 3. The summed E-state index contributed by atoms with van der Waals surface area (Å²) in [6.45, 7) is 6.02. The Kier molecular flexibility index (Phi) is 4.90. The van der Waals surface area contributed by atoms with Crippen molar-refractivity contribution in [3.63, 3.8) is 0 Å². The summed E-state index contributed by atoms with van der Waals surface area (Å²) < 4.78 is 6.30. The van der Waals surface area contributed by atoms with Gasteiger partial charge < -0.3 is 9.73 Å². The van der Waals surface area contributed by atoms with Crippen LogP contribution in [0.25, 0.3) is 27.7 Å². The van der Waals surface area contributed by atoms with Crippen molar-refractivity contribution < 1.29 is 14.1 Å². The van der Waals surface area contributed by atoms with E-state index in [9.17, 15) is 14.9 Å². The lowest BCUT2D eigenvalue weighted by Crippen LogP contribution is -2.33. The number of nitrogens with zero attached hydrogens (tertiary/aromatic N) is 1. The number of carbonyl (C=O) groups excluding carboxylic acids is 1. The Labute approximate surface area is 208 Å². The lowest BCUT2D eigenvalue weighted by Gasteiger charge is -2.39. The van der Waals surface area contributed by atoms with E-state index in [0.29, 0.717) is 23.5 Å². The van der Waals surface area contributed by atoms with Crippen molar-refractivity contribution >= 4 is 33.5 Å². The average molecular weight is 479 g/mol. The molecular formula is C30H26N2O4. The van der Waals surface area contributed by atoms with Crippen LogP contribution in [-0.2, 0) is 4.79 Å². The van der Waals surface area contributed by atoms with E-state index in [-0.39, 0.29) is 21.8 Å². The summed E-state index contributed by atoms with van der Waals surface area (Å²) in [6, 6.07) is 20.8. The first-order valence-electron chi connectivity index (χ1n) is 12.1. The van der Waals surface area contributed by atoms with Gasteiger partial charge in [0, 0.05) is 40.4 Å². The third-order valence-electron chi connectivity index (χ3n) is 7.33. The fourth-order valence-corrected chi connectivity index (χ4v) is 5.73. The molecule has 6 nitrogen and oxygen atoms in total. The normalized spacial score (nSPS) is 18.5. The predicted octanol–water partition coefficient (Wildman–Crippen LogP) is 7.63. The Morgan fingerprint density at radius 2 is 1.83 bits per heavy atom. The molecule has 1 atom stereocenters. The predicted molar refractivity (Wildman–Crippen MR) is 141 cm³/mol. The van der Waals surface area contributed by atoms with Crippen molar-refractivity contribution in [2.75, 3.05) is 5.32 Å². The third-order valence-corrected chi connectivity index (χ3v) is 7.33. The third kappa shape index (κ3) is 3.52. The fraction of sp³-hybridized carbons (Fsp3) is 0.233. The minimum Gasteiger partial charge on any atom is -0.459 e. The number of ketones is 1. The van der Waals surface area contributed by atoms with Gasteiger partial charge in [-0.2, -0.15) is 0 Å². The van der Waals surface area contributed by atoms with Gasteiger partial charge in [0.2, 0.25) is 0 Å². The SMILES string of the molecule is Cc1cc(-c2ccc([C@H]3Nc4ccc5ccccc5c4C4=C3C(=O)CC(C)(C)C4)o2)ccc1[N+](=O)[O-]. The number of rotatable bonds is 3. The van der Waals surface area contributed by atoms with Crippen LogP contribution in [0, 0.1) is 22.5 Å². The van der Waals surface area contributed by atoms with Gasteiger partial charge in [0.15, 0.2) is 5.78 Å². The Balaban J connectivity index is 1.48. The van der Waals surface area contributed by atoms with E-state index in [1.807, 2.05) is 24.3 Å². The van der Waals surface area contributed by atoms with Crippen LogP contribution in [-0.4, -0.2) is 10.7 Å². The average Bonchev–Trinajstić information content (AvgIpc) is 3.32. The molecule has 1 aliphatic heterocycles. The van der Waals surface area contributed by atoms with Gasteiger partial charge in [-0.25, -0.2) is 0 Å². The molecule has 2 heterocycles. The molecule has 6 heteroatoms. The molecule has 0 radical (unpaired) electrons. The topological polar surface area (TPSA) is 85.4 Å². The molecule has 4 aromatic rings. The molecule has 2 aliphatic rings. The van der Waals surface area contributed by atoms with Crippen LogP contribution in [0.3, 0.4) is 0 Å². The summed E-state index contributed by atoms with van der Waals surface area (Å²) in [5, 5.41) is 17.1. The van der Waals surface area contributed by atoms with Crippen molar-refractivity contribution in [3.05, 3.63) is 99.3 Å². The number of fused-ring (bicyclic) bond motifs is 4. The van der Waals surface area contributed by atoms with Gasteiger partial charge in [-0.3, -0.25) is 14.9 Å². The molecule has 180 valence electrons. The van der Waals surface area contributed by atoms with Crippen LogP contribution in [0.4, 0.5) is 11.4 Å². The van der Waals surface area contributed by atoms with Gasteiger partial charge in [-0.15, -0.1) is 0 Å². The molecule has 0 bridgehead atoms. The number of hydrogen-bond acceptors (Lipinski definition) is 5. The Hall–Kier alpha value is -4.19. The number of nitro benzene ring substituents is 1. The quantitative estimate of drug-likeness (QED) is 0.242. The second kappa shape index (κ2) is 7.92. The standard InChI is InChI=1S/C30H26N2O4/c1-17-14-19(9-11-23(17)32(34)35)25-12-13-26(36-25)29-28-21(15-30(2,3)16-24(28)33)27-20-7-5-4-6-18(20)8-10-22(27)31-29/h4-14,29,31H,15-16H2,1-3H3/t29-/m1/s1. The first-order valence-corrected chi connectivity index (χ1v) is 12.1. The number of hydrogen-bond donors (Lipinski definition) is 1. The number of furan rings is 1. The highest BCUT2D eigenvalue weighted by Crippen LogP contribution is 2.52. The zero-order valence-corrected chi connectivity index (χ0v) is 20.4. The second-order valence-corrected chi connectivity index (χ2v) is 10.6. The summed E-state index contributed by atoms with van der Waals surface area (Å²) >= 11 is 0. The Morgan fingerprint density at radius 1 is 1.03 bits per heavy atom. The van der Waals surface area contributed by atoms with E-state index in [2.05, 4.69) is 43.4 Å². The maximum Gasteiger partial charge on any atom is 0.272 e. The van der Waals surface area contributed by atoms with Crippen LogP contribution < -0.4 is 5.32 Å². The number of Topliss-reactive ketones (excluding diaryl/α,β-unsaturated/α-hetero) is 1. The van der Waals surface area contributed by atoms with Crippen molar-refractivity contribution in [2.45, 2.75) is 39.7 Å². The summed E-state index contributed by atoms with van der Waals surface area (Å²) in [7, 11) is 0. The summed E-state index contributed by atoms with van der Waals surface area (Å²) in [6.07, 6.45) is 1.29. The van der Waals surface area contributed by atoms with Gasteiger partial charge in [-0.05, 0) is 65.4 Å². The van der Waals surface area contributed by atoms with Crippen LogP contribution >= 0.6 is 0 Å². The van der Waals surface area contributed by atoms with Gasteiger partial charge >= 0.3 is 0 Å². The molecule has 1 aliphatic carbocycles. The van der Waals surface area contributed by atoms with E-state index in [1.165, 1.54) is 6.07 Å². The number of anilines is 1. The molecule has 3 aromatic carbocycles. The minimum atomic E-state index is -0.398. The largest absolute Gasteiger partial charge is 0.459 e. The van der Waals surface area contributed by atoms with Gasteiger partial charge in [0.25, 0.3) is 5.69 Å². The highest BCUT2D eigenvalue weighted by molar-refractivity contribution is 6.12. The number of aryl methyl sites for hydroxylation is 1. The van der Waals surface area contributed by atoms with Crippen LogP contribution in [0.2, 0.25) is 0 Å². The number of carbonyl (C=O) groups is 1.